The summed E-state index contributed by atoms with van der Waals surface area (Å²) in [5.41, 5.74) is 0.546. The first-order valence-corrected chi connectivity index (χ1v) is 8.70. The lowest BCUT2D eigenvalue weighted by molar-refractivity contribution is -0.134. The Balaban J connectivity index is 1.42. The summed E-state index contributed by atoms with van der Waals surface area (Å²) in [6.45, 7) is 4.42. The van der Waals surface area contributed by atoms with Gasteiger partial charge in [-0.05, 0) is 24.3 Å². The maximum atomic E-state index is 12.4. The minimum absolute atomic E-state index is 0.0224. The van der Waals surface area contributed by atoms with E-state index in [1.165, 1.54) is 0 Å². The van der Waals surface area contributed by atoms with Gasteiger partial charge in [0, 0.05) is 39.3 Å². The van der Waals surface area contributed by atoms with Crippen LogP contribution in [0.5, 0.6) is 5.75 Å². The molecule has 0 aromatic heterocycles. The van der Waals surface area contributed by atoms with Gasteiger partial charge < -0.3 is 24.2 Å². The molecule has 138 valence electrons. The van der Waals surface area contributed by atoms with Gasteiger partial charge in [0.1, 0.15) is 5.75 Å². The van der Waals surface area contributed by atoms with E-state index in [2.05, 4.69) is 0 Å². The Morgan fingerprint density at radius 3 is 2.15 bits per heavy atom. The SMILES string of the molecule is N#Cc1ccc(OCC(=O)N2CCN(C(=O)N3CCOCC3)CC2)cc1. The average molecular weight is 358 g/mol. The molecule has 2 aliphatic heterocycles. The van der Waals surface area contributed by atoms with E-state index in [0.29, 0.717) is 63.8 Å². The zero-order valence-electron chi connectivity index (χ0n) is 14.6. The van der Waals surface area contributed by atoms with Crippen molar-refractivity contribution in [2.24, 2.45) is 0 Å². The summed E-state index contributed by atoms with van der Waals surface area (Å²) in [7, 11) is 0. The molecule has 26 heavy (non-hydrogen) atoms. The molecule has 3 rings (SSSR count). The lowest BCUT2D eigenvalue weighted by Crippen LogP contribution is -2.56. The molecule has 0 unspecified atom stereocenters. The molecule has 2 fully saturated rings. The zero-order chi connectivity index (χ0) is 18.4. The van der Waals surface area contributed by atoms with Crippen LogP contribution in [-0.4, -0.2) is 85.7 Å². The molecule has 2 aliphatic rings. The number of ether oxygens (including phenoxy) is 2. The normalized spacial score (nSPS) is 17.6. The monoisotopic (exact) mass is 358 g/mol. The Morgan fingerprint density at radius 2 is 1.54 bits per heavy atom. The number of hydrogen-bond donors (Lipinski definition) is 0. The maximum absolute atomic E-state index is 12.4. The summed E-state index contributed by atoms with van der Waals surface area (Å²) in [5.74, 6) is 0.450. The van der Waals surface area contributed by atoms with E-state index in [0.717, 1.165) is 0 Å². The van der Waals surface area contributed by atoms with Crippen molar-refractivity contribution >= 4 is 11.9 Å². The number of carbonyl (C=O) groups excluding carboxylic acids is 2. The molecule has 1 aromatic rings. The fourth-order valence-corrected chi connectivity index (χ4v) is 2.96. The molecule has 2 heterocycles. The van der Waals surface area contributed by atoms with Crippen LogP contribution in [0.15, 0.2) is 24.3 Å². The van der Waals surface area contributed by atoms with Crippen LogP contribution in [0.2, 0.25) is 0 Å². The van der Waals surface area contributed by atoms with E-state index >= 15 is 0 Å². The number of piperazine rings is 1. The van der Waals surface area contributed by atoms with E-state index in [1.54, 1.807) is 39.0 Å². The molecule has 0 saturated carbocycles. The molecule has 8 heteroatoms. The molecule has 0 aliphatic carbocycles. The third-order valence-electron chi connectivity index (χ3n) is 4.53. The lowest BCUT2D eigenvalue weighted by Gasteiger charge is -2.38. The number of hydrogen-bond acceptors (Lipinski definition) is 5. The fraction of sp³-hybridized carbons (Fsp3) is 0.500. The van der Waals surface area contributed by atoms with Gasteiger partial charge in [-0.2, -0.15) is 5.26 Å². The van der Waals surface area contributed by atoms with E-state index in [-0.39, 0.29) is 18.5 Å². The highest BCUT2D eigenvalue weighted by molar-refractivity contribution is 5.79. The van der Waals surface area contributed by atoms with Gasteiger partial charge in [0.2, 0.25) is 0 Å². The van der Waals surface area contributed by atoms with E-state index < -0.39 is 0 Å². The maximum Gasteiger partial charge on any atom is 0.320 e. The summed E-state index contributed by atoms with van der Waals surface area (Å²) < 4.78 is 10.8. The van der Waals surface area contributed by atoms with Crippen molar-refractivity contribution in [3.8, 4) is 11.8 Å². The van der Waals surface area contributed by atoms with Gasteiger partial charge in [-0.25, -0.2) is 4.79 Å². The number of morpholine rings is 1. The largest absolute Gasteiger partial charge is 0.484 e. The van der Waals surface area contributed by atoms with Crippen molar-refractivity contribution in [3.63, 3.8) is 0 Å². The standard InChI is InChI=1S/C18H22N4O4/c19-13-15-1-3-16(4-2-15)26-14-17(23)20-5-7-21(8-6-20)18(24)22-9-11-25-12-10-22/h1-4H,5-12,14H2. The summed E-state index contributed by atoms with van der Waals surface area (Å²) in [4.78, 5) is 30.0. The van der Waals surface area contributed by atoms with Crippen molar-refractivity contribution < 1.29 is 19.1 Å². The summed E-state index contributed by atoms with van der Waals surface area (Å²) in [5, 5.41) is 8.77. The Hall–Kier alpha value is -2.79. The van der Waals surface area contributed by atoms with Crippen molar-refractivity contribution in [1.82, 2.24) is 14.7 Å². The number of urea groups is 1. The molecule has 3 amide bonds. The molecule has 0 atom stereocenters. The summed E-state index contributed by atoms with van der Waals surface area (Å²) in [6, 6.07) is 8.70. The van der Waals surface area contributed by atoms with Crippen LogP contribution < -0.4 is 4.74 Å². The van der Waals surface area contributed by atoms with Crippen LogP contribution in [-0.2, 0) is 9.53 Å². The second kappa shape index (κ2) is 8.54. The topological polar surface area (TPSA) is 86.1 Å². The zero-order valence-corrected chi connectivity index (χ0v) is 14.6. The Morgan fingerprint density at radius 1 is 0.962 bits per heavy atom. The van der Waals surface area contributed by atoms with Gasteiger partial charge in [0.15, 0.2) is 6.61 Å². The van der Waals surface area contributed by atoms with E-state index in [1.807, 2.05) is 6.07 Å². The van der Waals surface area contributed by atoms with Crippen molar-refractivity contribution in [2.45, 2.75) is 0 Å². The number of carbonyl (C=O) groups is 2. The highest BCUT2D eigenvalue weighted by Gasteiger charge is 2.28. The average Bonchev–Trinajstić information content (AvgIpc) is 2.72. The Bertz CT molecular complexity index is 671. The van der Waals surface area contributed by atoms with Crippen molar-refractivity contribution in [2.75, 3.05) is 59.1 Å². The second-order valence-corrected chi connectivity index (χ2v) is 6.17. The number of nitriles is 1. The molecule has 1 aromatic carbocycles. The molecule has 2 saturated heterocycles. The quantitative estimate of drug-likeness (QED) is 0.787. The van der Waals surface area contributed by atoms with Crippen LogP contribution in [0.1, 0.15) is 5.56 Å². The summed E-state index contributed by atoms with van der Waals surface area (Å²) in [6.07, 6.45) is 0. The number of nitrogens with zero attached hydrogens (tertiary/aromatic N) is 4. The predicted molar refractivity (Wildman–Crippen MR) is 92.6 cm³/mol. The van der Waals surface area contributed by atoms with Crippen LogP contribution in [0.25, 0.3) is 0 Å². The second-order valence-electron chi connectivity index (χ2n) is 6.17. The number of amides is 3. The minimum atomic E-state index is -0.104. The number of benzene rings is 1. The fourth-order valence-electron chi connectivity index (χ4n) is 2.96. The minimum Gasteiger partial charge on any atom is -0.484 e. The van der Waals surface area contributed by atoms with Crippen molar-refractivity contribution in [1.29, 1.82) is 5.26 Å². The Labute approximate surface area is 152 Å². The molecule has 0 radical (unpaired) electrons. The van der Waals surface area contributed by atoms with Gasteiger partial charge in [-0.15, -0.1) is 0 Å². The van der Waals surface area contributed by atoms with Crippen LogP contribution in [0.3, 0.4) is 0 Å². The lowest BCUT2D eigenvalue weighted by atomic mass is 10.2. The molecule has 8 nitrogen and oxygen atoms in total. The smallest absolute Gasteiger partial charge is 0.320 e. The van der Waals surface area contributed by atoms with Gasteiger partial charge >= 0.3 is 6.03 Å². The van der Waals surface area contributed by atoms with Crippen LogP contribution in [0, 0.1) is 11.3 Å². The van der Waals surface area contributed by atoms with Crippen LogP contribution >= 0.6 is 0 Å². The Kier molecular flexibility index (Phi) is 5.92. The third-order valence-corrected chi connectivity index (χ3v) is 4.53. The highest BCUT2D eigenvalue weighted by atomic mass is 16.5. The number of rotatable bonds is 3. The van der Waals surface area contributed by atoms with E-state index in [9.17, 15) is 9.59 Å². The molecule has 0 spiro atoms. The third kappa shape index (κ3) is 4.43. The van der Waals surface area contributed by atoms with Crippen molar-refractivity contribution in [3.05, 3.63) is 29.8 Å². The van der Waals surface area contributed by atoms with Gasteiger partial charge in [-0.1, -0.05) is 0 Å². The van der Waals surface area contributed by atoms with Crippen LogP contribution in [0.4, 0.5) is 4.79 Å². The van der Waals surface area contributed by atoms with Gasteiger partial charge in [0.05, 0.1) is 24.8 Å². The predicted octanol–water partition coefficient (Wildman–Crippen LogP) is 0.533. The molecular formula is C18H22N4O4. The summed E-state index contributed by atoms with van der Waals surface area (Å²) >= 11 is 0. The molecule has 0 bridgehead atoms. The first kappa shape index (κ1) is 18.0. The first-order chi connectivity index (χ1) is 12.7. The highest BCUT2D eigenvalue weighted by Crippen LogP contribution is 2.12. The van der Waals surface area contributed by atoms with E-state index in [4.69, 9.17) is 14.7 Å². The molecular weight excluding hydrogens is 336 g/mol. The first-order valence-electron chi connectivity index (χ1n) is 8.70. The molecule has 0 N–H and O–H groups in total. The van der Waals surface area contributed by atoms with Gasteiger partial charge in [0.25, 0.3) is 5.91 Å². The van der Waals surface area contributed by atoms with Gasteiger partial charge in [-0.3, -0.25) is 4.79 Å².